The van der Waals surface area contributed by atoms with E-state index in [-0.39, 0.29) is 47.7 Å². The second kappa shape index (κ2) is 16.7. The largest absolute Gasteiger partial charge is 1.00 e. The first-order chi connectivity index (χ1) is 23.3. The maximum absolute atomic E-state index is 13.8. The Kier molecular flexibility index (Phi) is 12.5. The van der Waals surface area contributed by atoms with Crippen molar-refractivity contribution in [2.45, 2.75) is 63.1 Å². The van der Waals surface area contributed by atoms with Crippen molar-refractivity contribution in [1.29, 1.82) is 0 Å². The molecule has 9 heteroatoms. The van der Waals surface area contributed by atoms with Gasteiger partial charge in [0.05, 0.1) is 36.8 Å². The minimum Gasteiger partial charge on any atom is -0.550 e. The zero-order chi connectivity index (χ0) is 33.6. The molecule has 1 saturated carbocycles. The average molecular weight is 672 g/mol. The summed E-state index contributed by atoms with van der Waals surface area (Å²) < 4.78 is 25.4. The van der Waals surface area contributed by atoms with E-state index in [1.165, 1.54) is 23.3 Å². The molecular formula is C40H39FNNaO6. The number of pyridine rings is 1. The van der Waals surface area contributed by atoms with Crippen LogP contribution in [0.5, 0.6) is 11.5 Å². The number of para-hydroxylation sites is 2. The van der Waals surface area contributed by atoms with Crippen LogP contribution < -0.4 is 44.1 Å². The molecule has 0 unspecified atom stereocenters. The maximum Gasteiger partial charge on any atom is 1.00 e. The summed E-state index contributed by atoms with van der Waals surface area (Å²) in [6.07, 6.45) is 5.14. The maximum atomic E-state index is 13.8. The number of rotatable bonds is 8. The summed E-state index contributed by atoms with van der Waals surface area (Å²) in [5, 5.41) is 31.2. The van der Waals surface area contributed by atoms with E-state index >= 15 is 0 Å². The fraction of sp³-hybridized carbons (Fsp3) is 0.300. The van der Waals surface area contributed by atoms with Gasteiger partial charge in [-0.3, -0.25) is 4.98 Å². The van der Waals surface area contributed by atoms with Crippen LogP contribution in [-0.4, -0.2) is 46.6 Å². The van der Waals surface area contributed by atoms with Crippen molar-refractivity contribution in [3.63, 3.8) is 0 Å². The van der Waals surface area contributed by atoms with Gasteiger partial charge in [0.15, 0.2) is 0 Å². The fourth-order valence-corrected chi connectivity index (χ4v) is 6.28. The summed E-state index contributed by atoms with van der Waals surface area (Å²) in [4.78, 5) is 15.9. The van der Waals surface area contributed by atoms with Gasteiger partial charge in [0, 0.05) is 47.8 Å². The summed E-state index contributed by atoms with van der Waals surface area (Å²) in [7, 11) is 0. The Hall–Kier alpha value is -3.79. The molecule has 0 bridgehead atoms. The number of nitrogens with zero attached hydrogens (tertiary/aromatic N) is 1. The van der Waals surface area contributed by atoms with E-state index in [9.17, 15) is 24.5 Å². The number of carbonyl (C=O) groups is 1. The topological polar surface area (TPSA) is 112 Å². The van der Waals surface area contributed by atoms with Crippen LogP contribution in [-0.2, 0) is 11.2 Å². The van der Waals surface area contributed by atoms with Crippen molar-refractivity contribution in [2.75, 3.05) is 13.2 Å². The van der Waals surface area contributed by atoms with Crippen LogP contribution in [0.1, 0.15) is 66.8 Å². The standard InChI is InChI=1S/C29H28FNO5.C11H12O.Na/c30-19-9-7-17(8-10-19)27-23(12-11-20(32)15-21(33)16-26(34)35)28(18-5-6-18)31-29-22-3-1-2-4-25(22)36-14-13-24(27)29;1-9-5-4-8-12-11-7-3-2-6-10(9)11;/h1-4,7-12,18,20-21,32-33H,5-6,13-16H2,(H,34,35);2-3,6-7H,1,4-5,8H2;/q;;+1/p-1/b12-11+;;/t20-,21-;;/m1../s1. The quantitative estimate of drug-likeness (QED) is 0.276. The van der Waals surface area contributed by atoms with Gasteiger partial charge in [-0.2, -0.15) is 0 Å². The number of benzene rings is 3. The molecule has 1 aliphatic carbocycles. The third-order valence-electron chi connectivity index (χ3n) is 8.76. The van der Waals surface area contributed by atoms with Crippen LogP contribution in [0.3, 0.4) is 0 Å². The first-order valence-corrected chi connectivity index (χ1v) is 16.5. The molecule has 7 rings (SSSR count). The van der Waals surface area contributed by atoms with Crippen LogP contribution in [0.2, 0.25) is 0 Å². The number of hydrogen-bond acceptors (Lipinski definition) is 7. The average Bonchev–Trinajstić information content (AvgIpc) is 3.94. The van der Waals surface area contributed by atoms with E-state index in [1.807, 2.05) is 42.5 Å². The molecule has 3 aliphatic rings. The summed E-state index contributed by atoms with van der Waals surface area (Å²) in [5.41, 5.74) is 8.63. The Morgan fingerprint density at radius 3 is 2.31 bits per heavy atom. The third-order valence-corrected chi connectivity index (χ3v) is 8.76. The number of allylic oxidation sites excluding steroid dienone is 1. The van der Waals surface area contributed by atoms with E-state index in [1.54, 1.807) is 24.3 Å². The van der Waals surface area contributed by atoms with Crippen LogP contribution in [0.25, 0.3) is 34.0 Å². The van der Waals surface area contributed by atoms with Gasteiger partial charge in [-0.1, -0.05) is 61.2 Å². The molecule has 2 aliphatic heterocycles. The molecule has 248 valence electrons. The summed E-state index contributed by atoms with van der Waals surface area (Å²) in [6, 6.07) is 22.3. The van der Waals surface area contributed by atoms with Crippen molar-refractivity contribution in [3.05, 3.63) is 114 Å². The second-order valence-electron chi connectivity index (χ2n) is 12.4. The smallest absolute Gasteiger partial charge is 0.550 e. The summed E-state index contributed by atoms with van der Waals surface area (Å²) in [6.45, 7) is 5.31. The molecule has 2 N–H and O–H groups in total. The Bertz CT molecular complexity index is 1820. The third kappa shape index (κ3) is 9.07. The van der Waals surface area contributed by atoms with Gasteiger partial charge in [-0.05, 0) is 78.3 Å². The van der Waals surface area contributed by atoms with Gasteiger partial charge in [0.2, 0.25) is 0 Å². The number of halogens is 1. The molecular weight excluding hydrogens is 632 g/mol. The zero-order valence-corrected chi connectivity index (χ0v) is 29.7. The number of ether oxygens (including phenoxy) is 2. The monoisotopic (exact) mass is 671 g/mol. The molecule has 49 heavy (non-hydrogen) atoms. The summed E-state index contributed by atoms with van der Waals surface area (Å²) >= 11 is 0. The van der Waals surface area contributed by atoms with Gasteiger partial charge in [0.25, 0.3) is 0 Å². The number of aliphatic hydroxyl groups excluding tert-OH is 2. The Labute approximate surface area is 308 Å². The Balaban J connectivity index is 0.000000303. The zero-order valence-electron chi connectivity index (χ0n) is 27.7. The Morgan fingerprint density at radius 1 is 0.959 bits per heavy atom. The molecule has 3 aromatic carbocycles. The van der Waals surface area contributed by atoms with Crippen LogP contribution in [0, 0.1) is 5.82 Å². The van der Waals surface area contributed by atoms with Gasteiger partial charge >= 0.3 is 29.6 Å². The fourth-order valence-electron chi connectivity index (χ4n) is 6.28. The van der Waals surface area contributed by atoms with Gasteiger partial charge in [-0.15, -0.1) is 0 Å². The first-order valence-electron chi connectivity index (χ1n) is 16.5. The number of fused-ring (bicyclic) bond motifs is 4. The second-order valence-corrected chi connectivity index (χ2v) is 12.4. The molecule has 0 spiro atoms. The number of carboxylic acid groups (broad SMARTS) is 1. The molecule has 3 heterocycles. The number of hydrogen-bond donors (Lipinski definition) is 2. The minimum atomic E-state index is -1.37. The minimum absolute atomic E-state index is 0. The van der Waals surface area contributed by atoms with E-state index in [2.05, 4.69) is 12.6 Å². The predicted octanol–water partition coefficient (Wildman–Crippen LogP) is 3.51. The molecule has 4 aromatic rings. The molecule has 2 atom stereocenters. The molecule has 0 radical (unpaired) electrons. The van der Waals surface area contributed by atoms with Crippen LogP contribution in [0.15, 0.2) is 85.5 Å². The molecule has 0 saturated heterocycles. The number of aromatic nitrogens is 1. The van der Waals surface area contributed by atoms with Gasteiger partial charge in [0.1, 0.15) is 17.3 Å². The normalized spacial score (nSPS) is 16.1. The van der Waals surface area contributed by atoms with Gasteiger partial charge < -0.3 is 29.6 Å². The van der Waals surface area contributed by atoms with E-state index in [0.29, 0.717) is 13.0 Å². The molecule has 1 aromatic heterocycles. The first kappa shape index (κ1) is 36.5. The number of aliphatic carboxylic acids is 1. The SMILES string of the molecule is C=C1CCCOc2ccccc21.O=C([O-])C[C@H](O)C[C@H](O)/C=C/c1c(C2CC2)nc2c(c1-c1ccc(F)cc1)CCOc1ccccc1-2.[Na+]. The molecule has 0 amide bonds. The van der Waals surface area contributed by atoms with Crippen molar-refractivity contribution < 1.29 is 63.5 Å². The number of carboxylic acids is 1. The van der Waals surface area contributed by atoms with Crippen molar-refractivity contribution in [2.24, 2.45) is 0 Å². The van der Waals surface area contributed by atoms with E-state index in [4.69, 9.17) is 14.5 Å². The van der Waals surface area contributed by atoms with Gasteiger partial charge in [-0.25, -0.2) is 4.39 Å². The molecule has 1 fully saturated rings. The number of carbonyl (C=O) groups excluding carboxylic acids is 1. The van der Waals surface area contributed by atoms with Crippen molar-refractivity contribution >= 4 is 17.6 Å². The predicted molar refractivity (Wildman–Crippen MR) is 182 cm³/mol. The molecule has 7 nitrogen and oxygen atoms in total. The van der Waals surface area contributed by atoms with Crippen LogP contribution in [0.4, 0.5) is 4.39 Å². The van der Waals surface area contributed by atoms with Crippen LogP contribution >= 0.6 is 0 Å². The van der Waals surface area contributed by atoms with Crippen molar-refractivity contribution in [1.82, 2.24) is 4.98 Å². The van der Waals surface area contributed by atoms with Crippen molar-refractivity contribution in [3.8, 4) is 33.9 Å². The van der Waals surface area contributed by atoms with E-state index < -0.39 is 24.6 Å². The van der Waals surface area contributed by atoms with E-state index in [0.717, 1.165) is 83.0 Å². The summed E-state index contributed by atoms with van der Waals surface area (Å²) in [5.74, 6) is 0.331. The Morgan fingerprint density at radius 2 is 1.61 bits per heavy atom. The number of aliphatic hydroxyl groups is 2.